The zero-order valence-electron chi connectivity index (χ0n) is 10.6. The first-order chi connectivity index (χ1) is 9.09. The van der Waals surface area contributed by atoms with Gasteiger partial charge in [0.25, 0.3) is 5.69 Å². The number of ketones is 1. The van der Waals surface area contributed by atoms with E-state index >= 15 is 0 Å². The number of carbonyl (C=O) groups excluding carboxylic acids is 1. The van der Waals surface area contributed by atoms with Gasteiger partial charge < -0.3 is 5.11 Å². The topological polar surface area (TPSA) is 80.4 Å². The first-order valence-electron chi connectivity index (χ1n) is 6.54. The van der Waals surface area contributed by atoms with Gasteiger partial charge in [0.05, 0.1) is 11.0 Å². The summed E-state index contributed by atoms with van der Waals surface area (Å²) in [6.45, 7) is 0. The molecular weight excluding hydrogens is 246 g/mol. The van der Waals surface area contributed by atoms with E-state index in [1.165, 1.54) is 24.3 Å². The molecule has 1 N–H and O–H groups in total. The Balaban J connectivity index is 2.15. The van der Waals surface area contributed by atoms with Crippen LogP contribution in [0, 0.1) is 16.0 Å². The Kier molecular flexibility index (Phi) is 4.27. The Labute approximate surface area is 111 Å². The predicted molar refractivity (Wildman–Crippen MR) is 69.6 cm³/mol. The van der Waals surface area contributed by atoms with Crippen LogP contribution in [0.5, 0.6) is 0 Å². The van der Waals surface area contributed by atoms with Gasteiger partial charge in [0.1, 0.15) is 5.78 Å². The van der Waals surface area contributed by atoms with Gasteiger partial charge in [-0.15, -0.1) is 0 Å². The largest absolute Gasteiger partial charge is 0.388 e. The van der Waals surface area contributed by atoms with Gasteiger partial charge in [-0.3, -0.25) is 14.9 Å². The van der Waals surface area contributed by atoms with Gasteiger partial charge in [-0.05, 0) is 30.5 Å². The normalized spacial score (nSPS) is 21.7. The molecule has 0 amide bonds. The van der Waals surface area contributed by atoms with Crippen molar-refractivity contribution in [3.63, 3.8) is 0 Å². The van der Waals surface area contributed by atoms with Crippen molar-refractivity contribution in [1.29, 1.82) is 0 Å². The van der Waals surface area contributed by atoms with Crippen LogP contribution in [0.25, 0.3) is 0 Å². The van der Waals surface area contributed by atoms with E-state index in [4.69, 9.17) is 0 Å². The molecular formula is C14H17NO4. The van der Waals surface area contributed by atoms with E-state index in [1.54, 1.807) is 0 Å². The number of benzene rings is 1. The molecule has 0 unspecified atom stereocenters. The van der Waals surface area contributed by atoms with E-state index < -0.39 is 11.0 Å². The average molecular weight is 263 g/mol. The second kappa shape index (κ2) is 5.93. The molecule has 2 rings (SSSR count). The molecule has 0 aromatic heterocycles. The molecule has 19 heavy (non-hydrogen) atoms. The van der Waals surface area contributed by atoms with Crippen molar-refractivity contribution < 1.29 is 14.8 Å². The monoisotopic (exact) mass is 263 g/mol. The lowest BCUT2D eigenvalue weighted by atomic mass is 9.88. The second-order valence-electron chi connectivity index (χ2n) is 4.97. The minimum absolute atomic E-state index is 0.0110. The third-order valence-corrected chi connectivity index (χ3v) is 3.68. The second-order valence-corrected chi connectivity index (χ2v) is 4.97. The number of rotatable bonds is 3. The fraction of sp³-hybridized carbons (Fsp3) is 0.500. The molecule has 1 aliphatic carbocycles. The molecule has 0 heterocycles. The van der Waals surface area contributed by atoms with Crippen molar-refractivity contribution in [2.24, 2.45) is 5.92 Å². The van der Waals surface area contributed by atoms with Crippen LogP contribution in [0.3, 0.4) is 0 Å². The minimum Gasteiger partial charge on any atom is -0.388 e. The Morgan fingerprint density at radius 3 is 2.53 bits per heavy atom. The van der Waals surface area contributed by atoms with Gasteiger partial charge in [-0.1, -0.05) is 12.8 Å². The number of aliphatic hydroxyl groups excluding tert-OH is 1. The maximum atomic E-state index is 11.9. The number of Topliss-reactive ketones (excluding diaryl/α,β-unsaturated/α-hetero) is 1. The number of hydrogen-bond donors (Lipinski definition) is 1. The first-order valence-corrected chi connectivity index (χ1v) is 6.54. The number of nitrogens with zero attached hydrogens (tertiary/aromatic N) is 1. The van der Waals surface area contributed by atoms with Crippen LogP contribution in [0.2, 0.25) is 0 Å². The third kappa shape index (κ3) is 3.17. The molecule has 0 bridgehead atoms. The molecule has 1 aromatic carbocycles. The summed E-state index contributed by atoms with van der Waals surface area (Å²) in [6.07, 6.45) is 3.22. The van der Waals surface area contributed by atoms with E-state index in [0.29, 0.717) is 18.4 Å². The van der Waals surface area contributed by atoms with Gasteiger partial charge in [0, 0.05) is 24.5 Å². The SMILES string of the molecule is O=C1CCCCC[C@@H]1[C@H](O)c1ccc([N+](=O)[O-])cc1. The summed E-state index contributed by atoms with van der Waals surface area (Å²) in [5, 5.41) is 20.8. The van der Waals surface area contributed by atoms with Gasteiger partial charge >= 0.3 is 0 Å². The molecule has 0 aliphatic heterocycles. The first kappa shape index (κ1) is 13.7. The molecule has 2 atom stereocenters. The molecule has 5 heteroatoms. The fourth-order valence-corrected chi connectivity index (χ4v) is 2.55. The molecule has 0 radical (unpaired) electrons. The highest BCUT2D eigenvalue weighted by Crippen LogP contribution is 2.31. The van der Waals surface area contributed by atoms with Gasteiger partial charge in [0.15, 0.2) is 0 Å². The zero-order valence-corrected chi connectivity index (χ0v) is 10.6. The number of carbonyl (C=O) groups is 1. The van der Waals surface area contributed by atoms with E-state index in [1.807, 2.05) is 0 Å². The molecule has 1 saturated carbocycles. The van der Waals surface area contributed by atoms with Crippen molar-refractivity contribution in [2.45, 2.75) is 38.2 Å². The standard InChI is InChI=1S/C14H17NO4/c16-13-5-3-1-2-4-12(13)14(17)10-6-8-11(9-7-10)15(18)19/h6-9,12,14,17H,1-5H2/t12-,14+/m0/s1. The lowest BCUT2D eigenvalue weighted by Crippen LogP contribution is -2.21. The van der Waals surface area contributed by atoms with E-state index in [9.17, 15) is 20.0 Å². The highest BCUT2D eigenvalue weighted by Gasteiger charge is 2.28. The summed E-state index contributed by atoms with van der Waals surface area (Å²) < 4.78 is 0. The zero-order chi connectivity index (χ0) is 13.8. The Hall–Kier alpha value is -1.75. The van der Waals surface area contributed by atoms with E-state index in [2.05, 4.69) is 0 Å². The lowest BCUT2D eigenvalue weighted by Gasteiger charge is -2.20. The molecule has 0 spiro atoms. The average Bonchev–Trinajstić information content (AvgIpc) is 2.63. The van der Waals surface area contributed by atoms with Gasteiger partial charge in [-0.2, -0.15) is 0 Å². The van der Waals surface area contributed by atoms with Gasteiger partial charge in [0.2, 0.25) is 0 Å². The van der Waals surface area contributed by atoms with Crippen LogP contribution < -0.4 is 0 Å². The number of nitro groups is 1. The number of non-ortho nitro benzene ring substituents is 1. The highest BCUT2D eigenvalue weighted by atomic mass is 16.6. The molecule has 1 aliphatic rings. The smallest absolute Gasteiger partial charge is 0.269 e. The maximum absolute atomic E-state index is 11.9. The van der Waals surface area contributed by atoms with Crippen LogP contribution in [-0.4, -0.2) is 15.8 Å². The van der Waals surface area contributed by atoms with Crippen LogP contribution in [0.1, 0.15) is 43.8 Å². The van der Waals surface area contributed by atoms with Crippen molar-refractivity contribution in [3.8, 4) is 0 Å². The fourth-order valence-electron chi connectivity index (χ4n) is 2.55. The van der Waals surface area contributed by atoms with Crippen LogP contribution >= 0.6 is 0 Å². The number of aliphatic hydroxyl groups is 1. The summed E-state index contributed by atoms with van der Waals surface area (Å²) in [5.74, 6) is -0.271. The van der Waals surface area contributed by atoms with Crippen LogP contribution in [0.4, 0.5) is 5.69 Å². The highest BCUT2D eigenvalue weighted by molar-refractivity contribution is 5.82. The molecule has 1 fully saturated rings. The summed E-state index contributed by atoms with van der Waals surface area (Å²) in [4.78, 5) is 22.0. The Morgan fingerprint density at radius 1 is 1.21 bits per heavy atom. The number of hydrogen-bond acceptors (Lipinski definition) is 4. The minimum atomic E-state index is -0.855. The van der Waals surface area contributed by atoms with Gasteiger partial charge in [-0.25, -0.2) is 0 Å². The Bertz CT molecular complexity index is 469. The summed E-state index contributed by atoms with van der Waals surface area (Å²) in [6, 6.07) is 5.78. The summed E-state index contributed by atoms with van der Waals surface area (Å²) in [5.41, 5.74) is 0.564. The van der Waals surface area contributed by atoms with E-state index in [0.717, 1.165) is 19.3 Å². The van der Waals surface area contributed by atoms with Crippen molar-refractivity contribution in [3.05, 3.63) is 39.9 Å². The van der Waals surface area contributed by atoms with Crippen molar-refractivity contribution >= 4 is 11.5 Å². The molecule has 5 nitrogen and oxygen atoms in total. The molecule has 102 valence electrons. The van der Waals surface area contributed by atoms with E-state index in [-0.39, 0.29) is 17.4 Å². The number of nitro benzene ring substituents is 1. The van der Waals surface area contributed by atoms with Crippen LogP contribution in [-0.2, 0) is 4.79 Å². The molecule has 1 aromatic rings. The quantitative estimate of drug-likeness (QED) is 0.516. The third-order valence-electron chi connectivity index (χ3n) is 3.68. The Morgan fingerprint density at radius 2 is 1.89 bits per heavy atom. The lowest BCUT2D eigenvalue weighted by molar-refractivity contribution is -0.384. The summed E-state index contributed by atoms with van der Waals surface area (Å²) >= 11 is 0. The van der Waals surface area contributed by atoms with Crippen LogP contribution in [0.15, 0.2) is 24.3 Å². The van der Waals surface area contributed by atoms with Crippen molar-refractivity contribution in [2.75, 3.05) is 0 Å². The predicted octanol–water partition coefficient (Wildman–Crippen LogP) is 2.78. The maximum Gasteiger partial charge on any atom is 0.269 e. The summed E-state index contributed by atoms with van der Waals surface area (Å²) in [7, 11) is 0. The molecule has 0 saturated heterocycles. The van der Waals surface area contributed by atoms with Crippen molar-refractivity contribution in [1.82, 2.24) is 0 Å².